The fraction of sp³-hybridized carbons (Fsp3) is 0.471. The van der Waals surface area contributed by atoms with E-state index in [0.717, 1.165) is 17.2 Å². The van der Waals surface area contributed by atoms with Crippen molar-refractivity contribution < 1.29 is 9.53 Å². The fourth-order valence-corrected chi connectivity index (χ4v) is 3.83. The van der Waals surface area contributed by atoms with Gasteiger partial charge in [-0.05, 0) is 61.5 Å². The van der Waals surface area contributed by atoms with Crippen LogP contribution in [-0.2, 0) is 4.79 Å². The van der Waals surface area contributed by atoms with E-state index in [1.165, 1.54) is 37.7 Å². The van der Waals surface area contributed by atoms with E-state index in [-0.39, 0.29) is 5.91 Å². The zero-order valence-corrected chi connectivity index (χ0v) is 13.6. The number of thioether (sulfide) groups is 1. The van der Waals surface area contributed by atoms with E-state index in [2.05, 4.69) is 10.2 Å². The molecule has 0 aliphatic carbocycles. The van der Waals surface area contributed by atoms with E-state index in [1.54, 1.807) is 13.2 Å². The average Bonchev–Trinajstić information content (AvgIpc) is 2.56. The number of benzene rings is 1. The van der Waals surface area contributed by atoms with Crippen molar-refractivity contribution >= 4 is 17.7 Å². The second-order valence-electron chi connectivity index (χ2n) is 5.85. The standard InChI is InChI=1S/C17H22N2O2S/c1-21-14-2-4-15(5-3-14)22-11-8-17(20)18-16-12-19-9-6-13(16)7-10-19/h2-5,8,11,13,16H,6-7,9-10,12H2,1H3,(H,18,20)/b11-8+. The molecule has 2 bridgehead atoms. The lowest BCUT2D eigenvalue weighted by molar-refractivity contribution is -0.118. The molecule has 4 rings (SSSR count). The van der Waals surface area contributed by atoms with Gasteiger partial charge in [-0.3, -0.25) is 4.79 Å². The number of fused-ring (bicyclic) bond motifs is 3. The van der Waals surface area contributed by atoms with Crippen LogP contribution in [0.15, 0.2) is 40.6 Å². The second-order valence-corrected chi connectivity index (χ2v) is 6.83. The van der Waals surface area contributed by atoms with E-state index in [1.807, 2.05) is 29.7 Å². The summed E-state index contributed by atoms with van der Waals surface area (Å²) in [5.41, 5.74) is 0. The van der Waals surface area contributed by atoms with Crippen LogP contribution in [0.4, 0.5) is 0 Å². The Labute approximate surface area is 135 Å². The van der Waals surface area contributed by atoms with Crippen LogP contribution >= 0.6 is 11.8 Å². The number of carbonyl (C=O) groups excluding carboxylic acids is 1. The number of nitrogens with one attached hydrogen (secondary N) is 1. The van der Waals surface area contributed by atoms with Crippen molar-refractivity contribution in [3.63, 3.8) is 0 Å². The van der Waals surface area contributed by atoms with Crippen molar-refractivity contribution in [3.8, 4) is 5.75 Å². The molecule has 0 spiro atoms. The van der Waals surface area contributed by atoms with Crippen LogP contribution < -0.4 is 10.1 Å². The largest absolute Gasteiger partial charge is 0.497 e. The van der Waals surface area contributed by atoms with Crippen LogP contribution in [0, 0.1) is 5.92 Å². The first kappa shape index (κ1) is 15.4. The van der Waals surface area contributed by atoms with Gasteiger partial charge >= 0.3 is 0 Å². The van der Waals surface area contributed by atoms with E-state index < -0.39 is 0 Å². The predicted molar refractivity (Wildman–Crippen MR) is 89.1 cm³/mol. The molecule has 3 saturated heterocycles. The molecule has 4 nitrogen and oxygen atoms in total. The third-order valence-corrected chi connectivity index (χ3v) is 5.28. The number of piperidine rings is 3. The molecule has 1 aromatic carbocycles. The molecule has 3 aliphatic heterocycles. The lowest BCUT2D eigenvalue weighted by Crippen LogP contribution is -2.57. The lowest BCUT2D eigenvalue weighted by atomic mass is 9.84. The number of nitrogens with zero attached hydrogens (tertiary/aromatic N) is 1. The third-order valence-electron chi connectivity index (χ3n) is 4.47. The maximum absolute atomic E-state index is 12.0. The SMILES string of the molecule is COc1ccc(S/C=C/C(=O)NC2CN3CCC2CC3)cc1. The van der Waals surface area contributed by atoms with Crippen LogP contribution in [-0.4, -0.2) is 43.6 Å². The summed E-state index contributed by atoms with van der Waals surface area (Å²) in [4.78, 5) is 15.6. The number of rotatable bonds is 5. The molecule has 118 valence electrons. The molecule has 1 atom stereocenters. The molecule has 1 unspecified atom stereocenters. The highest BCUT2D eigenvalue weighted by Crippen LogP contribution is 2.27. The highest BCUT2D eigenvalue weighted by Gasteiger charge is 2.34. The molecule has 0 saturated carbocycles. The number of amides is 1. The van der Waals surface area contributed by atoms with Gasteiger partial charge in [0.2, 0.25) is 5.91 Å². The van der Waals surface area contributed by atoms with E-state index in [4.69, 9.17) is 4.74 Å². The minimum Gasteiger partial charge on any atom is -0.497 e. The zero-order chi connectivity index (χ0) is 15.4. The van der Waals surface area contributed by atoms with Gasteiger partial charge in [-0.2, -0.15) is 0 Å². The Morgan fingerprint density at radius 2 is 2.05 bits per heavy atom. The van der Waals surface area contributed by atoms with Crippen LogP contribution in [0.2, 0.25) is 0 Å². The van der Waals surface area contributed by atoms with Crippen molar-refractivity contribution in [2.24, 2.45) is 5.92 Å². The first-order chi connectivity index (χ1) is 10.7. The maximum atomic E-state index is 12.0. The van der Waals surface area contributed by atoms with Gasteiger partial charge in [0, 0.05) is 23.6 Å². The topological polar surface area (TPSA) is 41.6 Å². The van der Waals surface area contributed by atoms with Gasteiger partial charge in [-0.25, -0.2) is 0 Å². The Bertz CT molecular complexity index is 536. The van der Waals surface area contributed by atoms with Gasteiger partial charge in [0.15, 0.2) is 0 Å². The van der Waals surface area contributed by atoms with E-state index >= 15 is 0 Å². The van der Waals surface area contributed by atoms with Crippen LogP contribution in [0.3, 0.4) is 0 Å². The maximum Gasteiger partial charge on any atom is 0.244 e. The molecule has 1 amide bonds. The molecule has 1 N–H and O–H groups in total. The summed E-state index contributed by atoms with van der Waals surface area (Å²) in [7, 11) is 1.65. The molecule has 22 heavy (non-hydrogen) atoms. The summed E-state index contributed by atoms with van der Waals surface area (Å²) in [5.74, 6) is 1.52. The van der Waals surface area contributed by atoms with Gasteiger partial charge in [0.1, 0.15) is 5.75 Å². The van der Waals surface area contributed by atoms with Crippen LogP contribution in [0.1, 0.15) is 12.8 Å². The van der Waals surface area contributed by atoms with Gasteiger partial charge < -0.3 is 15.0 Å². The summed E-state index contributed by atoms with van der Waals surface area (Å²) in [6.07, 6.45) is 4.07. The Morgan fingerprint density at radius 3 is 2.64 bits per heavy atom. The number of hydrogen-bond donors (Lipinski definition) is 1. The number of hydrogen-bond acceptors (Lipinski definition) is 4. The minimum atomic E-state index is 0.0137. The van der Waals surface area contributed by atoms with E-state index in [0.29, 0.717) is 12.0 Å². The highest BCUT2D eigenvalue weighted by molar-refractivity contribution is 8.02. The molecule has 3 aliphatic rings. The Hall–Kier alpha value is -1.46. The van der Waals surface area contributed by atoms with Gasteiger partial charge in [0.25, 0.3) is 0 Å². The first-order valence-electron chi connectivity index (χ1n) is 7.75. The number of methoxy groups -OCH3 is 1. The van der Waals surface area contributed by atoms with Crippen molar-refractivity contribution in [2.45, 2.75) is 23.8 Å². The summed E-state index contributed by atoms with van der Waals surface area (Å²) < 4.78 is 5.13. The van der Waals surface area contributed by atoms with Gasteiger partial charge in [0.05, 0.1) is 7.11 Å². The zero-order valence-electron chi connectivity index (χ0n) is 12.8. The molecule has 3 fully saturated rings. The summed E-state index contributed by atoms with van der Waals surface area (Å²) in [5, 5.41) is 5.00. The van der Waals surface area contributed by atoms with E-state index in [9.17, 15) is 4.79 Å². The van der Waals surface area contributed by atoms with Gasteiger partial charge in [-0.15, -0.1) is 0 Å². The summed E-state index contributed by atoms with van der Waals surface area (Å²) in [6.45, 7) is 3.40. The smallest absolute Gasteiger partial charge is 0.244 e. The first-order valence-corrected chi connectivity index (χ1v) is 8.62. The van der Waals surface area contributed by atoms with Crippen molar-refractivity contribution in [1.29, 1.82) is 0 Å². The van der Waals surface area contributed by atoms with Crippen molar-refractivity contribution in [2.75, 3.05) is 26.7 Å². The quantitative estimate of drug-likeness (QED) is 0.669. The van der Waals surface area contributed by atoms with Crippen molar-refractivity contribution in [3.05, 3.63) is 35.7 Å². The molecular weight excluding hydrogens is 296 g/mol. The minimum absolute atomic E-state index is 0.0137. The molecule has 0 radical (unpaired) electrons. The second kappa shape index (κ2) is 7.20. The fourth-order valence-electron chi connectivity index (χ4n) is 3.19. The monoisotopic (exact) mass is 318 g/mol. The third kappa shape index (κ3) is 3.84. The normalized spacial score (nSPS) is 27.0. The lowest BCUT2D eigenvalue weighted by Gasteiger charge is -2.44. The molecule has 3 heterocycles. The number of carbonyl (C=O) groups is 1. The van der Waals surface area contributed by atoms with Crippen molar-refractivity contribution in [1.82, 2.24) is 10.2 Å². The molecule has 1 aromatic rings. The molecule has 0 aromatic heterocycles. The summed E-state index contributed by atoms with van der Waals surface area (Å²) in [6, 6.07) is 8.14. The average molecular weight is 318 g/mol. The Balaban J connectivity index is 1.46. The van der Waals surface area contributed by atoms with Crippen LogP contribution in [0.5, 0.6) is 5.75 Å². The predicted octanol–water partition coefficient (Wildman–Crippen LogP) is 2.51. The van der Waals surface area contributed by atoms with Crippen LogP contribution in [0.25, 0.3) is 0 Å². The Morgan fingerprint density at radius 1 is 1.32 bits per heavy atom. The number of ether oxygens (including phenoxy) is 1. The van der Waals surface area contributed by atoms with Gasteiger partial charge in [-0.1, -0.05) is 11.8 Å². The molecular formula is C17H22N2O2S. The highest BCUT2D eigenvalue weighted by atomic mass is 32.2. The molecule has 5 heteroatoms. The summed E-state index contributed by atoms with van der Waals surface area (Å²) >= 11 is 1.54. The Kier molecular flexibility index (Phi) is 5.05.